The van der Waals surface area contributed by atoms with E-state index in [0.717, 1.165) is 45.4 Å². The number of hydrogen-bond acceptors (Lipinski definition) is 2. The quantitative estimate of drug-likeness (QED) is 0.811. The first-order chi connectivity index (χ1) is 9.17. The minimum absolute atomic E-state index is 0.277. The van der Waals surface area contributed by atoms with Crippen molar-refractivity contribution in [1.82, 2.24) is 9.80 Å². The largest absolute Gasteiger partial charge is 0.345 e. The Bertz CT molecular complexity index is 449. The molecule has 3 heteroatoms. The van der Waals surface area contributed by atoms with Gasteiger partial charge in [0.1, 0.15) is 0 Å². The van der Waals surface area contributed by atoms with E-state index >= 15 is 0 Å². The molecule has 0 bridgehead atoms. The fourth-order valence-electron chi connectivity index (χ4n) is 3.46. The Balaban J connectivity index is 1.57. The van der Waals surface area contributed by atoms with E-state index < -0.39 is 0 Å². The Morgan fingerprint density at radius 3 is 2.42 bits per heavy atom. The van der Waals surface area contributed by atoms with Crippen molar-refractivity contribution in [2.24, 2.45) is 5.41 Å². The molecule has 3 rings (SSSR count). The monoisotopic (exact) mass is 258 g/mol. The Morgan fingerprint density at radius 1 is 1.16 bits per heavy atom. The molecular formula is C16H22N2O. The van der Waals surface area contributed by atoms with Crippen LogP contribution in [-0.2, 0) is 11.3 Å². The molecule has 2 fully saturated rings. The van der Waals surface area contributed by atoms with Crippen LogP contribution in [0.2, 0.25) is 0 Å². The van der Waals surface area contributed by atoms with Gasteiger partial charge in [0.2, 0.25) is 5.91 Å². The van der Waals surface area contributed by atoms with Crippen LogP contribution in [0.15, 0.2) is 30.3 Å². The first-order valence-corrected chi connectivity index (χ1v) is 7.17. The van der Waals surface area contributed by atoms with Crippen molar-refractivity contribution in [3.05, 3.63) is 35.9 Å². The maximum absolute atomic E-state index is 11.7. The summed E-state index contributed by atoms with van der Waals surface area (Å²) in [6, 6.07) is 10.7. The molecule has 0 saturated carbocycles. The summed E-state index contributed by atoms with van der Waals surface area (Å²) in [5.74, 6) is 0.330. The third kappa shape index (κ3) is 2.66. The molecule has 1 amide bonds. The Morgan fingerprint density at radius 2 is 1.84 bits per heavy atom. The van der Waals surface area contributed by atoms with Gasteiger partial charge in [-0.15, -0.1) is 0 Å². The first kappa shape index (κ1) is 12.7. The van der Waals surface area contributed by atoms with E-state index in [0.29, 0.717) is 5.91 Å². The molecule has 2 aliphatic rings. The van der Waals surface area contributed by atoms with E-state index in [9.17, 15) is 4.79 Å². The molecule has 0 radical (unpaired) electrons. The lowest BCUT2D eigenvalue weighted by molar-refractivity contribution is -0.126. The van der Waals surface area contributed by atoms with Crippen LogP contribution in [0.25, 0.3) is 0 Å². The highest BCUT2D eigenvalue weighted by molar-refractivity contribution is 5.79. The number of rotatable bonds is 2. The third-order valence-electron chi connectivity index (χ3n) is 4.69. The van der Waals surface area contributed by atoms with Crippen LogP contribution >= 0.6 is 0 Å². The minimum Gasteiger partial charge on any atom is -0.345 e. The van der Waals surface area contributed by atoms with Crippen molar-refractivity contribution in [2.45, 2.75) is 25.8 Å². The molecule has 0 aromatic heterocycles. The summed E-state index contributed by atoms with van der Waals surface area (Å²) in [6.45, 7) is 4.25. The Hall–Kier alpha value is -1.35. The van der Waals surface area contributed by atoms with E-state index in [1.807, 2.05) is 11.9 Å². The second-order valence-electron chi connectivity index (χ2n) is 6.19. The maximum Gasteiger partial charge on any atom is 0.222 e. The third-order valence-corrected chi connectivity index (χ3v) is 4.69. The van der Waals surface area contributed by atoms with Crippen molar-refractivity contribution < 1.29 is 4.79 Å². The van der Waals surface area contributed by atoms with E-state index in [2.05, 4.69) is 35.2 Å². The van der Waals surface area contributed by atoms with Crippen LogP contribution < -0.4 is 0 Å². The topological polar surface area (TPSA) is 23.6 Å². The predicted octanol–water partition coefficient (Wildman–Crippen LogP) is 2.13. The summed E-state index contributed by atoms with van der Waals surface area (Å²) in [6.07, 6.45) is 3.09. The summed E-state index contributed by atoms with van der Waals surface area (Å²) < 4.78 is 0. The number of benzene rings is 1. The van der Waals surface area contributed by atoms with Gasteiger partial charge >= 0.3 is 0 Å². The van der Waals surface area contributed by atoms with E-state index in [-0.39, 0.29) is 5.41 Å². The summed E-state index contributed by atoms with van der Waals surface area (Å²) in [7, 11) is 1.94. The summed E-state index contributed by atoms with van der Waals surface area (Å²) in [4.78, 5) is 16.2. The van der Waals surface area contributed by atoms with Gasteiger partial charge in [-0.2, -0.15) is 0 Å². The molecule has 102 valence electrons. The molecule has 2 saturated heterocycles. The number of amides is 1. The number of hydrogen-bond donors (Lipinski definition) is 0. The van der Waals surface area contributed by atoms with Gasteiger partial charge in [-0.1, -0.05) is 30.3 Å². The zero-order chi connectivity index (χ0) is 13.3. The lowest BCUT2D eigenvalue weighted by Crippen LogP contribution is -2.40. The van der Waals surface area contributed by atoms with Crippen LogP contribution in [0.1, 0.15) is 24.8 Å². The highest BCUT2D eigenvalue weighted by Gasteiger charge is 2.43. The van der Waals surface area contributed by atoms with E-state index in [1.165, 1.54) is 5.56 Å². The van der Waals surface area contributed by atoms with Crippen LogP contribution in [0.4, 0.5) is 0 Å². The number of likely N-dealkylation sites (tertiary alicyclic amines) is 2. The molecule has 1 aromatic carbocycles. The van der Waals surface area contributed by atoms with Gasteiger partial charge in [0, 0.05) is 26.6 Å². The second kappa shape index (κ2) is 4.97. The van der Waals surface area contributed by atoms with Crippen molar-refractivity contribution in [1.29, 1.82) is 0 Å². The molecule has 19 heavy (non-hydrogen) atoms. The van der Waals surface area contributed by atoms with Crippen molar-refractivity contribution in [3.8, 4) is 0 Å². The fraction of sp³-hybridized carbons (Fsp3) is 0.562. The standard InChI is InChI=1S/C16H22N2O/c1-17-13-16(11-15(17)19)7-9-18(10-8-16)12-14-5-3-2-4-6-14/h2-6H,7-13H2,1H3. The zero-order valence-electron chi connectivity index (χ0n) is 11.6. The average Bonchev–Trinajstić information content (AvgIpc) is 2.69. The number of carbonyl (C=O) groups is 1. The maximum atomic E-state index is 11.7. The molecule has 1 aromatic rings. The molecule has 0 unspecified atom stereocenters. The van der Waals surface area contributed by atoms with Crippen molar-refractivity contribution in [2.75, 3.05) is 26.7 Å². The first-order valence-electron chi connectivity index (χ1n) is 7.17. The highest BCUT2D eigenvalue weighted by Crippen LogP contribution is 2.40. The van der Waals surface area contributed by atoms with Gasteiger partial charge in [-0.25, -0.2) is 0 Å². The van der Waals surface area contributed by atoms with Crippen LogP contribution in [0.5, 0.6) is 0 Å². The fourth-order valence-corrected chi connectivity index (χ4v) is 3.46. The zero-order valence-corrected chi connectivity index (χ0v) is 11.6. The number of carbonyl (C=O) groups excluding carboxylic acids is 1. The molecule has 3 nitrogen and oxygen atoms in total. The molecule has 0 atom stereocenters. The summed E-state index contributed by atoms with van der Waals surface area (Å²) in [5, 5.41) is 0. The predicted molar refractivity (Wildman–Crippen MR) is 75.6 cm³/mol. The molecular weight excluding hydrogens is 236 g/mol. The molecule has 2 aliphatic heterocycles. The molecule has 0 N–H and O–H groups in total. The molecule has 2 heterocycles. The number of piperidine rings is 1. The normalized spacial score (nSPS) is 23.2. The minimum atomic E-state index is 0.277. The SMILES string of the molecule is CN1CC2(CCN(Cc3ccccc3)CC2)CC1=O. The van der Waals surface area contributed by atoms with Gasteiger partial charge in [0.05, 0.1) is 0 Å². The Labute approximate surface area is 115 Å². The van der Waals surface area contributed by atoms with E-state index in [1.54, 1.807) is 0 Å². The molecule has 1 spiro atoms. The lowest BCUT2D eigenvalue weighted by atomic mass is 9.77. The van der Waals surface area contributed by atoms with Crippen molar-refractivity contribution >= 4 is 5.91 Å². The van der Waals surface area contributed by atoms with E-state index in [4.69, 9.17) is 0 Å². The smallest absolute Gasteiger partial charge is 0.222 e. The second-order valence-corrected chi connectivity index (χ2v) is 6.19. The number of nitrogens with zero attached hydrogens (tertiary/aromatic N) is 2. The summed E-state index contributed by atoms with van der Waals surface area (Å²) >= 11 is 0. The van der Waals surface area contributed by atoms with Gasteiger partial charge < -0.3 is 4.90 Å². The van der Waals surface area contributed by atoms with Crippen LogP contribution in [-0.4, -0.2) is 42.4 Å². The van der Waals surface area contributed by atoms with Crippen LogP contribution in [0, 0.1) is 5.41 Å². The highest BCUT2D eigenvalue weighted by atomic mass is 16.2. The summed E-state index contributed by atoms with van der Waals surface area (Å²) in [5.41, 5.74) is 1.66. The van der Waals surface area contributed by atoms with Gasteiger partial charge in [0.15, 0.2) is 0 Å². The van der Waals surface area contributed by atoms with Crippen LogP contribution in [0.3, 0.4) is 0 Å². The van der Waals surface area contributed by atoms with Gasteiger partial charge in [-0.05, 0) is 36.9 Å². The lowest BCUT2D eigenvalue weighted by Gasteiger charge is -2.38. The average molecular weight is 258 g/mol. The molecule has 0 aliphatic carbocycles. The van der Waals surface area contributed by atoms with Gasteiger partial charge in [-0.3, -0.25) is 9.69 Å². The Kier molecular flexibility index (Phi) is 3.31. The van der Waals surface area contributed by atoms with Crippen molar-refractivity contribution in [3.63, 3.8) is 0 Å². The van der Waals surface area contributed by atoms with Gasteiger partial charge in [0.25, 0.3) is 0 Å².